The number of fused-ring (bicyclic) bond motifs is 1. The van der Waals surface area contributed by atoms with Crippen molar-refractivity contribution in [1.29, 1.82) is 0 Å². The van der Waals surface area contributed by atoms with Crippen LogP contribution in [-0.4, -0.2) is 16.3 Å². The Hall–Kier alpha value is -1.59. The Kier molecular flexibility index (Phi) is 2.80. The number of nitrogens with zero attached hydrogens (tertiary/aromatic N) is 1. The average Bonchev–Trinajstić information content (AvgIpc) is 2.62. The summed E-state index contributed by atoms with van der Waals surface area (Å²) in [6.45, 7) is 2.29. The summed E-state index contributed by atoms with van der Waals surface area (Å²) < 4.78 is 6.59. The minimum absolute atomic E-state index is 0.125. The summed E-state index contributed by atoms with van der Waals surface area (Å²) in [5.74, 6) is -0.368. The van der Waals surface area contributed by atoms with Gasteiger partial charge in [0.25, 0.3) is 0 Å². The highest BCUT2D eigenvalue weighted by atomic mass is 16.4. The molecule has 1 heterocycles. The quantitative estimate of drug-likeness (QED) is 0.797. The van der Waals surface area contributed by atoms with E-state index in [1.54, 1.807) is 18.2 Å². The highest BCUT2D eigenvalue weighted by Crippen LogP contribution is 2.18. The van der Waals surface area contributed by atoms with Crippen molar-refractivity contribution in [3.63, 3.8) is 0 Å². The number of aromatic nitrogens is 1. The van der Waals surface area contributed by atoms with Crippen molar-refractivity contribution < 1.29 is 9.52 Å². The van der Waals surface area contributed by atoms with Gasteiger partial charge in [-0.1, -0.05) is 6.07 Å². The Balaban J connectivity index is 2.64. The molecule has 86 valence electrons. The molecule has 0 aliphatic rings. The van der Waals surface area contributed by atoms with Gasteiger partial charge in [0.1, 0.15) is 0 Å². The molecule has 2 rings (SSSR count). The molecule has 1 aromatic heterocycles. The summed E-state index contributed by atoms with van der Waals surface area (Å²) in [6, 6.07) is 4.81. The molecule has 0 fully saturated rings. The predicted octanol–water partition coefficient (Wildman–Crippen LogP) is 0.607. The number of aliphatic hydroxyl groups excluding tert-OH is 1. The summed E-state index contributed by atoms with van der Waals surface area (Å²) in [7, 11) is 0. The lowest BCUT2D eigenvalue weighted by Gasteiger charge is -2.08. The number of hydrogen-bond acceptors (Lipinski definition) is 4. The maximum atomic E-state index is 11.4. The second-order valence-electron chi connectivity index (χ2n) is 3.63. The van der Waals surface area contributed by atoms with Crippen LogP contribution in [-0.2, 0) is 6.54 Å². The van der Waals surface area contributed by atoms with Crippen LogP contribution >= 0.6 is 0 Å². The van der Waals surface area contributed by atoms with Crippen LogP contribution in [0.15, 0.2) is 27.4 Å². The molecule has 0 aliphatic heterocycles. The summed E-state index contributed by atoms with van der Waals surface area (Å²) >= 11 is 0. The van der Waals surface area contributed by atoms with Crippen molar-refractivity contribution in [3.05, 3.63) is 34.3 Å². The second kappa shape index (κ2) is 4.11. The zero-order valence-electron chi connectivity index (χ0n) is 9.01. The number of aliphatic hydroxyl groups is 1. The third-order valence-electron chi connectivity index (χ3n) is 2.63. The van der Waals surface area contributed by atoms with Crippen molar-refractivity contribution in [3.8, 4) is 0 Å². The highest BCUT2D eigenvalue weighted by Gasteiger charge is 2.11. The van der Waals surface area contributed by atoms with E-state index in [0.29, 0.717) is 17.6 Å². The fourth-order valence-electron chi connectivity index (χ4n) is 1.71. The number of benzene rings is 1. The number of rotatable bonds is 3. The minimum atomic E-state index is -0.431. The molecule has 16 heavy (non-hydrogen) atoms. The fourth-order valence-corrected chi connectivity index (χ4v) is 1.71. The normalized spacial score (nSPS) is 13.2. The van der Waals surface area contributed by atoms with E-state index in [-0.39, 0.29) is 12.4 Å². The van der Waals surface area contributed by atoms with E-state index in [4.69, 9.17) is 15.3 Å². The summed E-state index contributed by atoms with van der Waals surface area (Å²) in [6.07, 6.45) is 0. The van der Waals surface area contributed by atoms with Crippen LogP contribution < -0.4 is 11.5 Å². The first kappa shape index (κ1) is 10.9. The molecule has 3 N–H and O–H groups in total. The Bertz CT molecular complexity index is 556. The molecule has 1 aromatic carbocycles. The topological polar surface area (TPSA) is 81.4 Å². The largest absolute Gasteiger partial charge is 0.419 e. The predicted molar refractivity (Wildman–Crippen MR) is 60.2 cm³/mol. The zero-order chi connectivity index (χ0) is 11.7. The van der Waals surface area contributed by atoms with Gasteiger partial charge in [-0.05, 0) is 24.6 Å². The van der Waals surface area contributed by atoms with E-state index in [1.165, 1.54) is 4.57 Å². The van der Waals surface area contributed by atoms with Crippen molar-refractivity contribution >= 4 is 11.1 Å². The van der Waals surface area contributed by atoms with E-state index in [0.717, 1.165) is 5.56 Å². The third kappa shape index (κ3) is 1.64. The summed E-state index contributed by atoms with van der Waals surface area (Å²) in [5.41, 5.74) is 7.76. The Morgan fingerprint density at radius 3 is 2.94 bits per heavy atom. The second-order valence-corrected chi connectivity index (χ2v) is 3.63. The lowest BCUT2D eigenvalue weighted by atomic mass is 10.1. The molecule has 0 spiro atoms. The molecule has 1 unspecified atom stereocenters. The first-order chi connectivity index (χ1) is 7.67. The maximum absolute atomic E-state index is 11.4. The van der Waals surface area contributed by atoms with Gasteiger partial charge in [-0.3, -0.25) is 4.57 Å². The van der Waals surface area contributed by atoms with Gasteiger partial charge >= 0.3 is 5.76 Å². The summed E-state index contributed by atoms with van der Waals surface area (Å²) in [4.78, 5) is 11.4. The van der Waals surface area contributed by atoms with Crippen LogP contribution in [0.3, 0.4) is 0 Å². The third-order valence-corrected chi connectivity index (χ3v) is 2.63. The van der Waals surface area contributed by atoms with Crippen molar-refractivity contribution in [2.75, 3.05) is 6.61 Å². The molecule has 0 aliphatic carbocycles. The molecule has 1 atom stereocenters. The van der Waals surface area contributed by atoms with Crippen LogP contribution in [0.5, 0.6) is 0 Å². The maximum Gasteiger partial charge on any atom is 0.419 e. The molecule has 5 heteroatoms. The number of nitrogens with two attached hydrogens (primary N) is 1. The zero-order valence-corrected chi connectivity index (χ0v) is 9.01. The molecule has 0 saturated heterocycles. The van der Waals surface area contributed by atoms with Gasteiger partial charge in [0, 0.05) is 6.54 Å². The van der Waals surface area contributed by atoms with Crippen LogP contribution in [0.1, 0.15) is 18.5 Å². The van der Waals surface area contributed by atoms with E-state index < -0.39 is 6.04 Å². The Morgan fingerprint density at radius 2 is 2.31 bits per heavy atom. The lowest BCUT2D eigenvalue weighted by molar-refractivity contribution is 0.268. The SMILES string of the molecule is CCn1c(=O)oc2ccc(C(N)CO)cc21. The molecule has 0 radical (unpaired) electrons. The van der Waals surface area contributed by atoms with E-state index in [9.17, 15) is 4.79 Å². The summed E-state index contributed by atoms with van der Waals surface area (Å²) in [5, 5.41) is 8.98. The molecule has 0 amide bonds. The molecular weight excluding hydrogens is 208 g/mol. The molecule has 0 saturated carbocycles. The van der Waals surface area contributed by atoms with Crippen LogP contribution in [0, 0.1) is 0 Å². The van der Waals surface area contributed by atoms with Crippen molar-refractivity contribution in [1.82, 2.24) is 4.57 Å². The smallest absolute Gasteiger partial charge is 0.408 e. The average molecular weight is 222 g/mol. The van der Waals surface area contributed by atoms with Crippen LogP contribution in [0.25, 0.3) is 11.1 Å². The lowest BCUT2D eigenvalue weighted by Crippen LogP contribution is -2.15. The Morgan fingerprint density at radius 1 is 1.56 bits per heavy atom. The monoisotopic (exact) mass is 222 g/mol. The van der Waals surface area contributed by atoms with Gasteiger partial charge in [-0.25, -0.2) is 4.79 Å². The van der Waals surface area contributed by atoms with Gasteiger partial charge < -0.3 is 15.3 Å². The van der Waals surface area contributed by atoms with E-state index in [2.05, 4.69) is 0 Å². The van der Waals surface area contributed by atoms with Gasteiger partial charge in [-0.15, -0.1) is 0 Å². The first-order valence-electron chi connectivity index (χ1n) is 5.17. The van der Waals surface area contributed by atoms with Gasteiger partial charge in [0.15, 0.2) is 5.58 Å². The molecule has 0 bridgehead atoms. The van der Waals surface area contributed by atoms with Gasteiger partial charge in [0.2, 0.25) is 0 Å². The molecular formula is C11H14N2O3. The molecule has 2 aromatic rings. The number of aryl methyl sites for hydroxylation is 1. The van der Waals surface area contributed by atoms with E-state index >= 15 is 0 Å². The van der Waals surface area contributed by atoms with Crippen LogP contribution in [0.2, 0.25) is 0 Å². The van der Waals surface area contributed by atoms with E-state index in [1.807, 2.05) is 6.92 Å². The van der Waals surface area contributed by atoms with Gasteiger partial charge in [0.05, 0.1) is 18.2 Å². The van der Waals surface area contributed by atoms with Crippen molar-refractivity contribution in [2.24, 2.45) is 5.73 Å². The number of hydrogen-bond donors (Lipinski definition) is 2. The van der Waals surface area contributed by atoms with Gasteiger partial charge in [-0.2, -0.15) is 0 Å². The van der Waals surface area contributed by atoms with Crippen LogP contribution in [0.4, 0.5) is 0 Å². The van der Waals surface area contributed by atoms with Crippen molar-refractivity contribution in [2.45, 2.75) is 19.5 Å². The highest BCUT2D eigenvalue weighted by molar-refractivity contribution is 5.74. The minimum Gasteiger partial charge on any atom is -0.408 e. The number of oxazole rings is 1. The standard InChI is InChI=1S/C11H14N2O3/c1-2-13-9-5-7(8(12)6-14)3-4-10(9)16-11(13)15/h3-5,8,14H,2,6,12H2,1H3. The molecule has 5 nitrogen and oxygen atoms in total. The first-order valence-corrected chi connectivity index (χ1v) is 5.17. The fraction of sp³-hybridized carbons (Fsp3) is 0.364. The Labute approximate surface area is 92.1 Å².